The van der Waals surface area contributed by atoms with Crippen molar-refractivity contribution in [3.05, 3.63) is 24.3 Å². The molecule has 1 unspecified atom stereocenters. The van der Waals surface area contributed by atoms with Crippen LogP contribution in [0.1, 0.15) is 27.2 Å². The SMILES string of the molecule is CCCNC(CSc1nc2ccccc2o1)C(C)C. The molecule has 1 aromatic heterocycles. The van der Waals surface area contributed by atoms with E-state index in [1.807, 2.05) is 24.3 Å². The van der Waals surface area contributed by atoms with Crippen LogP contribution in [0, 0.1) is 5.92 Å². The molecule has 19 heavy (non-hydrogen) atoms. The smallest absolute Gasteiger partial charge is 0.256 e. The molecule has 1 aromatic carbocycles. The first-order chi connectivity index (χ1) is 9.20. The van der Waals surface area contributed by atoms with Crippen LogP contribution < -0.4 is 5.32 Å². The Kier molecular flexibility index (Phi) is 5.28. The van der Waals surface area contributed by atoms with Gasteiger partial charge in [0.05, 0.1) is 0 Å². The third kappa shape index (κ3) is 3.98. The average Bonchev–Trinajstić information content (AvgIpc) is 2.81. The summed E-state index contributed by atoms with van der Waals surface area (Å²) in [6.07, 6.45) is 1.16. The van der Waals surface area contributed by atoms with Crippen LogP contribution >= 0.6 is 11.8 Å². The molecule has 0 fully saturated rings. The molecule has 1 atom stereocenters. The molecule has 1 N–H and O–H groups in total. The van der Waals surface area contributed by atoms with E-state index in [1.54, 1.807) is 11.8 Å². The van der Waals surface area contributed by atoms with E-state index in [2.05, 4.69) is 31.1 Å². The van der Waals surface area contributed by atoms with Gasteiger partial charge in [0.15, 0.2) is 5.58 Å². The summed E-state index contributed by atoms with van der Waals surface area (Å²) in [6.45, 7) is 7.76. The van der Waals surface area contributed by atoms with E-state index in [1.165, 1.54) is 0 Å². The molecule has 0 spiro atoms. The highest BCUT2D eigenvalue weighted by Crippen LogP contribution is 2.24. The van der Waals surface area contributed by atoms with Gasteiger partial charge < -0.3 is 9.73 Å². The molecule has 104 valence electrons. The number of para-hydroxylation sites is 2. The number of fused-ring (bicyclic) bond motifs is 1. The van der Waals surface area contributed by atoms with Gasteiger partial charge in [-0.2, -0.15) is 0 Å². The number of oxazole rings is 1. The highest BCUT2D eigenvalue weighted by Gasteiger charge is 2.14. The molecule has 4 heteroatoms. The van der Waals surface area contributed by atoms with Crippen molar-refractivity contribution in [3.8, 4) is 0 Å². The number of nitrogens with zero attached hydrogens (tertiary/aromatic N) is 1. The van der Waals surface area contributed by atoms with Crippen molar-refractivity contribution in [1.29, 1.82) is 0 Å². The topological polar surface area (TPSA) is 38.1 Å². The van der Waals surface area contributed by atoms with Crippen LogP contribution in [0.4, 0.5) is 0 Å². The molecular weight excluding hydrogens is 256 g/mol. The van der Waals surface area contributed by atoms with Crippen LogP contribution in [-0.4, -0.2) is 23.3 Å². The number of hydrogen-bond donors (Lipinski definition) is 1. The van der Waals surface area contributed by atoms with E-state index >= 15 is 0 Å². The summed E-state index contributed by atoms with van der Waals surface area (Å²) in [4.78, 5) is 4.49. The molecule has 0 saturated carbocycles. The maximum absolute atomic E-state index is 5.73. The Labute approximate surface area is 119 Å². The Bertz CT molecular complexity index is 477. The normalized spacial score (nSPS) is 13.3. The van der Waals surface area contributed by atoms with E-state index in [4.69, 9.17) is 4.42 Å². The lowest BCUT2D eigenvalue weighted by Crippen LogP contribution is -2.36. The van der Waals surface area contributed by atoms with Crippen LogP contribution in [0.2, 0.25) is 0 Å². The minimum Gasteiger partial charge on any atom is -0.431 e. The lowest BCUT2D eigenvalue weighted by Gasteiger charge is -2.21. The lowest BCUT2D eigenvalue weighted by molar-refractivity contribution is 0.431. The Balaban J connectivity index is 1.96. The molecule has 0 bridgehead atoms. The molecule has 2 rings (SSSR count). The van der Waals surface area contributed by atoms with Crippen molar-refractivity contribution in [2.45, 2.75) is 38.5 Å². The van der Waals surface area contributed by atoms with Gasteiger partial charge in [-0.25, -0.2) is 4.98 Å². The summed E-state index contributed by atoms with van der Waals surface area (Å²) in [6, 6.07) is 8.40. The van der Waals surface area contributed by atoms with Crippen molar-refractivity contribution in [3.63, 3.8) is 0 Å². The molecule has 1 heterocycles. The maximum atomic E-state index is 5.73. The van der Waals surface area contributed by atoms with Crippen molar-refractivity contribution >= 4 is 22.9 Å². The lowest BCUT2D eigenvalue weighted by atomic mass is 10.1. The van der Waals surface area contributed by atoms with Crippen LogP contribution in [-0.2, 0) is 0 Å². The van der Waals surface area contributed by atoms with Crippen molar-refractivity contribution in [2.75, 3.05) is 12.3 Å². The summed E-state index contributed by atoms with van der Waals surface area (Å²) >= 11 is 1.69. The molecule has 2 aromatic rings. The van der Waals surface area contributed by atoms with Gasteiger partial charge >= 0.3 is 0 Å². The fourth-order valence-electron chi connectivity index (χ4n) is 1.89. The van der Waals surface area contributed by atoms with Crippen molar-refractivity contribution in [2.24, 2.45) is 5.92 Å². The average molecular weight is 278 g/mol. The van der Waals surface area contributed by atoms with E-state index in [9.17, 15) is 0 Å². The van der Waals surface area contributed by atoms with Gasteiger partial charge in [0, 0.05) is 11.8 Å². The number of thioether (sulfide) groups is 1. The molecule has 0 aliphatic rings. The third-order valence-electron chi connectivity index (χ3n) is 3.12. The second kappa shape index (κ2) is 6.96. The zero-order chi connectivity index (χ0) is 13.7. The van der Waals surface area contributed by atoms with E-state index in [0.29, 0.717) is 12.0 Å². The van der Waals surface area contributed by atoms with Crippen LogP contribution in [0.15, 0.2) is 33.9 Å². The Morgan fingerprint density at radius 1 is 1.32 bits per heavy atom. The van der Waals surface area contributed by atoms with Crippen LogP contribution in [0.5, 0.6) is 0 Å². The Morgan fingerprint density at radius 2 is 2.11 bits per heavy atom. The van der Waals surface area contributed by atoms with Crippen LogP contribution in [0.3, 0.4) is 0 Å². The molecule has 0 radical (unpaired) electrons. The van der Waals surface area contributed by atoms with Gasteiger partial charge in [-0.3, -0.25) is 0 Å². The van der Waals surface area contributed by atoms with E-state index in [0.717, 1.165) is 35.0 Å². The quantitative estimate of drug-likeness (QED) is 0.778. The van der Waals surface area contributed by atoms with Gasteiger partial charge in [0.1, 0.15) is 5.52 Å². The Morgan fingerprint density at radius 3 is 2.79 bits per heavy atom. The zero-order valence-corrected chi connectivity index (χ0v) is 12.7. The second-order valence-corrected chi connectivity index (χ2v) is 6.03. The van der Waals surface area contributed by atoms with Crippen LogP contribution in [0.25, 0.3) is 11.1 Å². The summed E-state index contributed by atoms with van der Waals surface area (Å²) in [5.74, 6) is 1.60. The first-order valence-electron chi connectivity index (χ1n) is 6.92. The number of hydrogen-bond acceptors (Lipinski definition) is 4. The van der Waals surface area contributed by atoms with E-state index in [-0.39, 0.29) is 0 Å². The number of benzene rings is 1. The molecule has 0 saturated heterocycles. The van der Waals surface area contributed by atoms with Gasteiger partial charge in [-0.15, -0.1) is 0 Å². The fourth-order valence-corrected chi connectivity index (χ4v) is 3.03. The first kappa shape index (κ1) is 14.4. The number of nitrogens with one attached hydrogen (secondary N) is 1. The van der Waals surface area contributed by atoms with Gasteiger partial charge in [-0.1, -0.05) is 44.7 Å². The third-order valence-corrected chi connectivity index (χ3v) is 4.07. The van der Waals surface area contributed by atoms with Crippen molar-refractivity contribution in [1.82, 2.24) is 10.3 Å². The second-order valence-electron chi connectivity index (χ2n) is 5.06. The first-order valence-corrected chi connectivity index (χ1v) is 7.91. The molecule has 3 nitrogen and oxygen atoms in total. The fraction of sp³-hybridized carbons (Fsp3) is 0.533. The van der Waals surface area contributed by atoms with Gasteiger partial charge in [0.25, 0.3) is 5.22 Å². The number of aromatic nitrogens is 1. The van der Waals surface area contributed by atoms with Gasteiger partial charge in [0.2, 0.25) is 0 Å². The van der Waals surface area contributed by atoms with E-state index < -0.39 is 0 Å². The minimum absolute atomic E-state index is 0.500. The molecule has 0 aliphatic heterocycles. The predicted molar refractivity (Wildman–Crippen MR) is 81.7 cm³/mol. The van der Waals surface area contributed by atoms with Gasteiger partial charge in [-0.05, 0) is 31.0 Å². The maximum Gasteiger partial charge on any atom is 0.256 e. The summed E-state index contributed by atoms with van der Waals surface area (Å²) in [7, 11) is 0. The zero-order valence-electron chi connectivity index (χ0n) is 11.8. The monoisotopic (exact) mass is 278 g/mol. The minimum atomic E-state index is 0.500. The Hall–Kier alpha value is -1.00. The standard InChI is InChI=1S/C15H22N2OS/c1-4-9-16-13(11(2)3)10-19-15-17-12-7-5-6-8-14(12)18-15/h5-8,11,13,16H,4,9-10H2,1-3H3. The molecular formula is C15H22N2OS. The largest absolute Gasteiger partial charge is 0.431 e. The van der Waals surface area contributed by atoms with Crippen molar-refractivity contribution < 1.29 is 4.42 Å². The number of rotatable bonds is 7. The molecule has 0 amide bonds. The highest BCUT2D eigenvalue weighted by atomic mass is 32.2. The molecule has 0 aliphatic carbocycles. The predicted octanol–water partition coefficient (Wildman–Crippen LogP) is 3.94. The summed E-state index contributed by atoms with van der Waals surface area (Å²) in [5, 5.41) is 4.35. The summed E-state index contributed by atoms with van der Waals surface area (Å²) in [5.41, 5.74) is 1.81. The summed E-state index contributed by atoms with van der Waals surface area (Å²) < 4.78 is 5.73. The highest BCUT2D eigenvalue weighted by molar-refractivity contribution is 7.99.